The van der Waals surface area contributed by atoms with Crippen LogP contribution in [0.3, 0.4) is 0 Å². The number of anilines is 1. The summed E-state index contributed by atoms with van der Waals surface area (Å²) in [5.74, 6) is 1.29. The minimum absolute atomic E-state index is 0.410. The van der Waals surface area contributed by atoms with Gasteiger partial charge in [0.15, 0.2) is 0 Å². The van der Waals surface area contributed by atoms with Crippen molar-refractivity contribution in [3.05, 3.63) is 24.0 Å². The van der Waals surface area contributed by atoms with Gasteiger partial charge in [-0.3, -0.25) is 9.47 Å². The van der Waals surface area contributed by atoms with Crippen LogP contribution in [-0.4, -0.2) is 50.0 Å². The SMILES string of the molecule is CCc1nsc(N2CCN(Cc3nccn3C(F)F)CC2)n1. The quantitative estimate of drug-likeness (QED) is 0.840. The summed E-state index contributed by atoms with van der Waals surface area (Å²) >= 11 is 1.42. The third-order valence-corrected chi connectivity index (χ3v) is 4.56. The van der Waals surface area contributed by atoms with E-state index in [0.29, 0.717) is 12.4 Å². The number of imidazole rings is 1. The van der Waals surface area contributed by atoms with E-state index in [0.717, 1.165) is 48.1 Å². The number of hydrogen-bond donors (Lipinski definition) is 0. The molecule has 0 aliphatic carbocycles. The number of aromatic nitrogens is 4. The monoisotopic (exact) mass is 328 g/mol. The van der Waals surface area contributed by atoms with Crippen molar-refractivity contribution in [2.45, 2.75) is 26.4 Å². The van der Waals surface area contributed by atoms with Crippen molar-refractivity contribution >= 4 is 16.7 Å². The molecular weight excluding hydrogens is 310 g/mol. The summed E-state index contributed by atoms with van der Waals surface area (Å²) in [6.45, 7) is 3.21. The lowest BCUT2D eigenvalue weighted by molar-refractivity contribution is 0.0637. The van der Waals surface area contributed by atoms with Gasteiger partial charge < -0.3 is 4.90 Å². The molecule has 2 aromatic heterocycles. The van der Waals surface area contributed by atoms with Crippen LogP contribution in [0, 0.1) is 0 Å². The molecule has 0 amide bonds. The van der Waals surface area contributed by atoms with Gasteiger partial charge in [0, 0.05) is 56.5 Å². The first-order valence-corrected chi connectivity index (χ1v) is 8.04. The lowest BCUT2D eigenvalue weighted by Gasteiger charge is -2.34. The Bertz CT molecular complexity index is 605. The predicted octanol–water partition coefficient (Wildman–Crippen LogP) is 2.01. The van der Waals surface area contributed by atoms with E-state index >= 15 is 0 Å². The van der Waals surface area contributed by atoms with Gasteiger partial charge in [0.2, 0.25) is 5.13 Å². The van der Waals surface area contributed by atoms with E-state index in [9.17, 15) is 8.78 Å². The average molecular weight is 328 g/mol. The number of nitrogens with zero attached hydrogens (tertiary/aromatic N) is 6. The summed E-state index contributed by atoms with van der Waals surface area (Å²) in [7, 11) is 0. The summed E-state index contributed by atoms with van der Waals surface area (Å²) in [6, 6.07) is 0. The first kappa shape index (κ1) is 15.3. The Morgan fingerprint density at radius 2 is 2.05 bits per heavy atom. The number of hydrogen-bond acceptors (Lipinski definition) is 6. The second-order valence-corrected chi connectivity index (χ2v) is 5.87. The van der Waals surface area contributed by atoms with Gasteiger partial charge >= 0.3 is 6.55 Å². The zero-order chi connectivity index (χ0) is 15.5. The minimum atomic E-state index is -2.53. The van der Waals surface area contributed by atoms with E-state index in [1.54, 1.807) is 0 Å². The van der Waals surface area contributed by atoms with Gasteiger partial charge in [0.05, 0.1) is 6.54 Å². The first-order chi connectivity index (χ1) is 10.7. The first-order valence-electron chi connectivity index (χ1n) is 7.27. The fourth-order valence-corrected chi connectivity index (χ4v) is 3.26. The maximum absolute atomic E-state index is 12.8. The number of aryl methyl sites for hydroxylation is 1. The predicted molar refractivity (Wildman–Crippen MR) is 80.3 cm³/mol. The van der Waals surface area contributed by atoms with Crippen LogP contribution in [-0.2, 0) is 13.0 Å². The van der Waals surface area contributed by atoms with Crippen LogP contribution >= 0.6 is 11.5 Å². The van der Waals surface area contributed by atoms with Crippen molar-refractivity contribution in [3.8, 4) is 0 Å². The lowest BCUT2D eigenvalue weighted by Crippen LogP contribution is -2.46. The van der Waals surface area contributed by atoms with Crippen molar-refractivity contribution < 1.29 is 8.78 Å². The molecule has 1 fully saturated rings. The Hall–Kier alpha value is -1.61. The van der Waals surface area contributed by atoms with Gasteiger partial charge in [-0.05, 0) is 0 Å². The molecular formula is C13H18F2N6S. The Balaban J connectivity index is 1.56. The van der Waals surface area contributed by atoms with Gasteiger partial charge in [0.1, 0.15) is 11.6 Å². The number of rotatable bonds is 5. The standard InChI is InChI=1S/C13H18F2N6S/c1-2-10-17-13(22-18-10)20-7-5-19(6-8-20)9-11-16-3-4-21(11)12(14)15/h3-4,12H,2,5-9H2,1H3. The van der Waals surface area contributed by atoms with Gasteiger partial charge in [-0.1, -0.05) is 6.92 Å². The molecule has 1 aliphatic heterocycles. The van der Waals surface area contributed by atoms with Crippen LogP contribution in [0.1, 0.15) is 25.1 Å². The Morgan fingerprint density at radius 3 is 2.68 bits per heavy atom. The Labute approximate surface area is 131 Å². The molecule has 0 saturated carbocycles. The summed E-state index contributed by atoms with van der Waals surface area (Å²) in [5, 5.41) is 0.950. The molecule has 0 N–H and O–H groups in total. The molecule has 0 radical (unpaired) electrons. The highest BCUT2D eigenvalue weighted by molar-refractivity contribution is 7.09. The topological polar surface area (TPSA) is 50.1 Å². The summed E-state index contributed by atoms with van der Waals surface area (Å²) in [4.78, 5) is 12.9. The lowest BCUT2D eigenvalue weighted by atomic mass is 10.3. The van der Waals surface area contributed by atoms with E-state index in [1.807, 2.05) is 6.92 Å². The Kier molecular flexibility index (Phi) is 4.63. The fourth-order valence-electron chi connectivity index (χ4n) is 2.46. The van der Waals surface area contributed by atoms with Crippen molar-refractivity contribution in [2.24, 2.45) is 0 Å². The van der Waals surface area contributed by atoms with Crippen LogP contribution in [0.4, 0.5) is 13.9 Å². The molecule has 0 bridgehead atoms. The fraction of sp³-hybridized carbons (Fsp3) is 0.615. The van der Waals surface area contributed by atoms with Crippen LogP contribution < -0.4 is 4.90 Å². The third kappa shape index (κ3) is 3.25. The molecule has 3 rings (SSSR count). The smallest absolute Gasteiger partial charge is 0.319 e. The molecule has 1 saturated heterocycles. The molecule has 0 unspecified atom stereocenters. The third-order valence-electron chi connectivity index (χ3n) is 3.74. The molecule has 0 spiro atoms. The van der Waals surface area contributed by atoms with Crippen molar-refractivity contribution in [2.75, 3.05) is 31.1 Å². The molecule has 3 heterocycles. The normalized spacial score (nSPS) is 16.6. The maximum atomic E-state index is 12.8. The van der Waals surface area contributed by atoms with Gasteiger partial charge in [-0.2, -0.15) is 13.2 Å². The summed E-state index contributed by atoms with van der Waals surface area (Å²) in [5.41, 5.74) is 0. The summed E-state index contributed by atoms with van der Waals surface area (Å²) in [6.07, 6.45) is 3.59. The molecule has 2 aromatic rings. The minimum Gasteiger partial charge on any atom is -0.344 e. The van der Waals surface area contributed by atoms with Crippen LogP contribution in [0.5, 0.6) is 0 Å². The largest absolute Gasteiger partial charge is 0.344 e. The molecule has 9 heteroatoms. The van der Waals surface area contributed by atoms with E-state index in [1.165, 1.54) is 23.9 Å². The zero-order valence-corrected chi connectivity index (χ0v) is 13.1. The van der Waals surface area contributed by atoms with Crippen LogP contribution in [0.15, 0.2) is 12.4 Å². The average Bonchev–Trinajstić information content (AvgIpc) is 3.16. The van der Waals surface area contributed by atoms with E-state index in [-0.39, 0.29) is 0 Å². The molecule has 1 aliphatic rings. The van der Waals surface area contributed by atoms with E-state index in [2.05, 4.69) is 24.1 Å². The second kappa shape index (κ2) is 6.66. The van der Waals surface area contributed by atoms with Gasteiger partial charge in [0.25, 0.3) is 0 Å². The number of halogens is 2. The van der Waals surface area contributed by atoms with E-state index < -0.39 is 6.55 Å². The molecule has 22 heavy (non-hydrogen) atoms. The van der Waals surface area contributed by atoms with Crippen LogP contribution in [0.2, 0.25) is 0 Å². The molecule has 0 atom stereocenters. The second-order valence-electron chi connectivity index (χ2n) is 5.14. The molecule has 120 valence electrons. The molecule has 6 nitrogen and oxygen atoms in total. The highest BCUT2D eigenvalue weighted by Gasteiger charge is 2.22. The zero-order valence-electron chi connectivity index (χ0n) is 12.3. The van der Waals surface area contributed by atoms with Gasteiger partial charge in [-0.25, -0.2) is 9.97 Å². The number of alkyl halides is 2. The highest BCUT2D eigenvalue weighted by Crippen LogP contribution is 2.20. The van der Waals surface area contributed by atoms with Crippen molar-refractivity contribution in [1.29, 1.82) is 0 Å². The Morgan fingerprint density at radius 1 is 1.27 bits per heavy atom. The highest BCUT2D eigenvalue weighted by atomic mass is 32.1. The maximum Gasteiger partial charge on any atom is 0.319 e. The molecule has 0 aromatic carbocycles. The summed E-state index contributed by atoms with van der Waals surface area (Å²) < 4.78 is 30.9. The van der Waals surface area contributed by atoms with E-state index in [4.69, 9.17) is 0 Å². The van der Waals surface area contributed by atoms with Crippen molar-refractivity contribution in [3.63, 3.8) is 0 Å². The van der Waals surface area contributed by atoms with Crippen molar-refractivity contribution in [1.82, 2.24) is 23.8 Å². The van der Waals surface area contributed by atoms with Crippen LogP contribution in [0.25, 0.3) is 0 Å². The number of piperazine rings is 1. The van der Waals surface area contributed by atoms with Gasteiger partial charge in [-0.15, -0.1) is 0 Å².